The van der Waals surface area contributed by atoms with Crippen molar-refractivity contribution in [1.29, 1.82) is 0 Å². The average molecular weight is 218 g/mol. The van der Waals surface area contributed by atoms with Crippen LogP contribution in [-0.4, -0.2) is 25.7 Å². The van der Waals surface area contributed by atoms with E-state index in [1.807, 2.05) is 0 Å². The van der Waals surface area contributed by atoms with Gasteiger partial charge in [-0.05, 0) is 11.4 Å². The Balaban J connectivity index is 2.73. The number of thiophene rings is 1. The van der Waals surface area contributed by atoms with E-state index in [0.717, 1.165) is 0 Å². The van der Waals surface area contributed by atoms with E-state index in [1.165, 1.54) is 18.3 Å². The summed E-state index contributed by atoms with van der Waals surface area (Å²) in [7, 11) is -3.19. The first-order valence-electron chi connectivity index (χ1n) is 3.82. The van der Waals surface area contributed by atoms with Crippen molar-refractivity contribution in [3.05, 3.63) is 22.4 Å². The van der Waals surface area contributed by atoms with Crippen LogP contribution in [-0.2, 0) is 9.84 Å². The lowest BCUT2D eigenvalue weighted by molar-refractivity contribution is 0.102. The summed E-state index contributed by atoms with van der Waals surface area (Å²) in [6.45, 7) is 1.54. The minimum atomic E-state index is -3.19. The molecule has 0 bridgehead atoms. The molecule has 13 heavy (non-hydrogen) atoms. The van der Waals surface area contributed by atoms with E-state index in [2.05, 4.69) is 0 Å². The fourth-order valence-electron chi connectivity index (χ4n) is 0.810. The maximum absolute atomic E-state index is 11.3. The lowest BCUT2D eigenvalue weighted by atomic mass is 10.4. The summed E-state index contributed by atoms with van der Waals surface area (Å²) in [6.07, 6.45) is 0. The van der Waals surface area contributed by atoms with E-state index in [4.69, 9.17) is 0 Å². The minimum Gasteiger partial charge on any atom is -0.292 e. The highest BCUT2D eigenvalue weighted by Crippen LogP contribution is 2.10. The third-order valence-electron chi connectivity index (χ3n) is 1.59. The third-order valence-corrected chi connectivity index (χ3v) is 4.08. The predicted molar refractivity (Wildman–Crippen MR) is 53.0 cm³/mol. The quantitative estimate of drug-likeness (QED) is 0.717. The van der Waals surface area contributed by atoms with Gasteiger partial charge in [-0.3, -0.25) is 4.79 Å². The van der Waals surface area contributed by atoms with Crippen molar-refractivity contribution < 1.29 is 13.2 Å². The van der Waals surface area contributed by atoms with Crippen LogP contribution < -0.4 is 0 Å². The van der Waals surface area contributed by atoms with E-state index in [0.29, 0.717) is 4.88 Å². The normalized spacial score (nSPS) is 11.5. The Kier molecular flexibility index (Phi) is 3.22. The molecule has 0 atom stereocenters. The summed E-state index contributed by atoms with van der Waals surface area (Å²) in [4.78, 5) is 11.8. The van der Waals surface area contributed by atoms with Crippen molar-refractivity contribution in [2.45, 2.75) is 6.92 Å². The van der Waals surface area contributed by atoms with Crippen LogP contribution in [0, 0.1) is 0 Å². The van der Waals surface area contributed by atoms with Crippen LogP contribution in [0.15, 0.2) is 17.5 Å². The maximum Gasteiger partial charge on any atom is 0.187 e. The second-order valence-electron chi connectivity index (χ2n) is 2.58. The van der Waals surface area contributed by atoms with E-state index in [1.54, 1.807) is 17.5 Å². The van der Waals surface area contributed by atoms with Crippen LogP contribution >= 0.6 is 11.3 Å². The first-order chi connectivity index (χ1) is 6.05. The highest BCUT2D eigenvalue weighted by Gasteiger charge is 2.16. The highest BCUT2D eigenvalue weighted by atomic mass is 32.2. The number of hydrogen-bond donors (Lipinski definition) is 0. The summed E-state index contributed by atoms with van der Waals surface area (Å²) in [5.41, 5.74) is 0. The van der Waals surface area contributed by atoms with Crippen LogP contribution in [0.1, 0.15) is 16.6 Å². The second-order valence-corrected chi connectivity index (χ2v) is 5.88. The fraction of sp³-hybridized carbons (Fsp3) is 0.375. The summed E-state index contributed by atoms with van der Waals surface area (Å²) in [5, 5.41) is 1.76. The number of rotatable bonds is 4. The second kappa shape index (κ2) is 4.02. The number of carbonyl (C=O) groups is 1. The Labute approximate surface area is 81.3 Å². The Bertz CT molecular complexity index is 376. The van der Waals surface area contributed by atoms with Gasteiger partial charge in [-0.2, -0.15) is 0 Å². The van der Waals surface area contributed by atoms with Crippen LogP contribution in [0.25, 0.3) is 0 Å². The van der Waals surface area contributed by atoms with Gasteiger partial charge in [0.2, 0.25) is 0 Å². The largest absolute Gasteiger partial charge is 0.292 e. The fourth-order valence-corrected chi connectivity index (χ4v) is 2.33. The monoisotopic (exact) mass is 218 g/mol. The molecule has 0 unspecified atom stereocenters. The molecule has 0 spiro atoms. The molecule has 0 fully saturated rings. The molecule has 72 valence electrons. The first kappa shape index (κ1) is 10.4. The summed E-state index contributed by atoms with van der Waals surface area (Å²) < 4.78 is 22.2. The van der Waals surface area contributed by atoms with E-state index < -0.39 is 9.84 Å². The van der Waals surface area contributed by atoms with Crippen molar-refractivity contribution in [2.75, 3.05) is 11.5 Å². The van der Waals surface area contributed by atoms with Gasteiger partial charge < -0.3 is 0 Å². The van der Waals surface area contributed by atoms with Crippen molar-refractivity contribution in [2.24, 2.45) is 0 Å². The molecular formula is C8H10O3S2. The molecule has 0 aliphatic heterocycles. The van der Waals surface area contributed by atoms with Gasteiger partial charge in [0.15, 0.2) is 15.6 Å². The SMILES string of the molecule is CCS(=O)(=O)CC(=O)c1cccs1. The van der Waals surface area contributed by atoms with Gasteiger partial charge in [-0.1, -0.05) is 13.0 Å². The topological polar surface area (TPSA) is 51.2 Å². The van der Waals surface area contributed by atoms with Gasteiger partial charge in [0.1, 0.15) is 5.75 Å². The predicted octanol–water partition coefficient (Wildman–Crippen LogP) is 1.37. The number of sulfone groups is 1. The molecule has 0 aromatic carbocycles. The van der Waals surface area contributed by atoms with E-state index in [-0.39, 0.29) is 17.3 Å². The van der Waals surface area contributed by atoms with Gasteiger partial charge in [-0.15, -0.1) is 11.3 Å². The number of Topliss-reactive ketones (excluding diaryl/α,β-unsaturated/α-hetero) is 1. The molecule has 0 amide bonds. The molecule has 0 saturated carbocycles. The van der Waals surface area contributed by atoms with Crippen molar-refractivity contribution in [1.82, 2.24) is 0 Å². The Hall–Kier alpha value is -0.680. The molecule has 1 aromatic rings. The Morgan fingerprint density at radius 3 is 2.69 bits per heavy atom. The van der Waals surface area contributed by atoms with Crippen LogP contribution in [0.2, 0.25) is 0 Å². The molecule has 0 radical (unpaired) electrons. The standard InChI is InChI=1S/C8H10O3S2/c1-2-13(10,11)6-7(9)8-4-3-5-12-8/h3-5H,2,6H2,1H3. The summed E-state index contributed by atoms with van der Waals surface area (Å²) in [5.74, 6) is -0.662. The van der Waals surface area contributed by atoms with Crippen molar-refractivity contribution >= 4 is 27.0 Å². The molecule has 0 aliphatic rings. The van der Waals surface area contributed by atoms with Crippen LogP contribution in [0.4, 0.5) is 0 Å². The van der Waals surface area contributed by atoms with E-state index in [9.17, 15) is 13.2 Å². The molecular weight excluding hydrogens is 208 g/mol. The van der Waals surface area contributed by atoms with E-state index >= 15 is 0 Å². The molecule has 1 aromatic heterocycles. The number of carbonyl (C=O) groups excluding carboxylic acids is 1. The van der Waals surface area contributed by atoms with Gasteiger partial charge in [0.05, 0.1) is 4.88 Å². The molecule has 1 rings (SSSR count). The molecule has 1 heterocycles. The van der Waals surface area contributed by atoms with Gasteiger partial charge in [-0.25, -0.2) is 8.42 Å². The van der Waals surface area contributed by atoms with Crippen LogP contribution in [0.5, 0.6) is 0 Å². The smallest absolute Gasteiger partial charge is 0.187 e. The van der Waals surface area contributed by atoms with Gasteiger partial charge >= 0.3 is 0 Å². The summed E-state index contributed by atoms with van der Waals surface area (Å²) in [6, 6.07) is 3.37. The van der Waals surface area contributed by atoms with Crippen molar-refractivity contribution in [3.8, 4) is 0 Å². The van der Waals surface area contributed by atoms with Gasteiger partial charge in [0, 0.05) is 5.75 Å². The zero-order valence-electron chi connectivity index (χ0n) is 7.19. The zero-order chi connectivity index (χ0) is 9.90. The Morgan fingerprint density at radius 2 is 2.23 bits per heavy atom. The average Bonchev–Trinajstić information content (AvgIpc) is 2.55. The number of hydrogen-bond acceptors (Lipinski definition) is 4. The molecule has 0 saturated heterocycles. The molecule has 0 N–H and O–H groups in total. The molecule has 3 nitrogen and oxygen atoms in total. The highest BCUT2D eigenvalue weighted by molar-refractivity contribution is 7.92. The van der Waals surface area contributed by atoms with Crippen LogP contribution in [0.3, 0.4) is 0 Å². The first-order valence-corrected chi connectivity index (χ1v) is 6.52. The lowest BCUT2D eigenvalue weighted by Crippen LogP contribution is -2.16. The van der Waals surface area contributed by atoms with Crippen molar-refractivity contribution in [3.63, 3.8) is 0 Å². The third kappa shape index (κ3) is 2.93. The molecule has 0 aliphatic carbocycles. The van der Waals surface area contributed by atoms with Gasteiger partial charge in [0.25, 0.3) is 0 Å². The summed E-state index contributed by atoms with van der Waals surface area (Å²) >= 11 is 1.27. The lowest BCUT2D eigenvalue weighted by Gasteiger charge is -1.97. The zero-order valence-corrected chi connectivity index (χ0v) is 8.82. The minimum absolute atomic E-state index is 0.0180. The Morgan fingerprint density at radius 1 is 1.54 bits per heavy atom. The number of ketones is 1. The molecule has 5 heteroatoms. The maximum atomic E-state index is 11.3.